The first kappa shape index (κ1) is 16.2. The Morgan fingerprint density at radius 3 is 2.55 bits per heavy atom. The molecule has 0 aromatic carbocycles. The molecule has 6 heteroatoms. The SMILES string of the molecule is CC/C=C/C(=O)OCC(=O)NC(=O)NC1CCCCC1. The predicted octanol–water partition coefficient (Wildman–Crippen LogP) is 1.65. The molecule has 1 aliphatic carbocycles. The Kier molecular flexibility index (Phi) is 7.39. The second-order valence-electron chi connectivity index (χ2n) is 4.77. The molecule has 0 spiro atoms. The molecule has 6 nitrogen and oxygen atoms in total. The van der Waals surface area contributed by atoms with Crippen molar-refractivity contribution < 1.29 is 19.1 Å². The lowest BCUT2D eigenvalue weighted by atomic mass is 9.96. The Labute approximate surface area is 118 Å². The van der Waals surface area contributed by atoms with E-state index in [1.54, 1.807) is 6.08 Å². The molecule has 1 aliphatic rings. The molecule has 1 saturated carbocycles. The summed E-state index contributed by atoms with van der Waals surface area (Å²) in [5.41, 5.74) is 0. The summed E-state index contributed by atoms with van der Waals surface area (Å²) in [4.78, 5) is 34.1. The van der Waals surface area contributed by atoms with E-state index in [0.717, 1.165) is 25.7 Å². The van der Waals surface area contributed by atoms with E-state index in [2.05, 4.69) is 15.4 Å². The van der Waals surface area contributed by atoms with E-state index in [4.69, 9.17) is 0 Å². The molecule has 0 radical (unpaired) electrons. The fourth-order valence-electron chi connectivity index (χ4n) is 2.03. The lowest BCUT2D eigenvalue weighted by Crippen LogP contribution is -2.46. The average molecular weight is 282 g/mol. The fraction of sp³-hybridized carbons (Fsp3) is 0.643. The molecular formula is C14H22N2O4. The van der Waals surface area contributed by atoms with Crippen molar-refractivity contribution in [2.24, 2.45) is 0 Å². The minimum atomic E-state index is -0.628. The molecule has 3 amide bonds. The molecule has 0 heterocycles. The van der Waals surface area contributed by atoms with Crippen LogP contribution in [0.4, 0.5) is 4.79 Å². The van der Waals surface area contributed by atoms with E-state index in [0.29, 0.717) is 6.42 Å². The molecule has 20 heavy (non-hydrogen) atoms. The van der Waals surface area contributed by atoms with Crippen LogP contribution < -0.4 is 10.6 Å². The fourth-order valence-corrected chi connectivity index (χ4v) is 2.03. The molecule has 1 fully saturated rings. The van der Waals surface area contributed by atoms with Crippen LogP contribution in [0, 0.1) is 0 Å². The highest BCUT2D eigenvalue weighted by atomic mass is 16.5. The number of nitrogens with one attached hydrogen (secondary N) is 2. The van der Waals surface area contributed by atoms with E-state index in [-0.39, 0.29) is 6.04 Å². The van der Waals surface area contributed by atoms with Crippen LogP contribution in [-0.4, -0.2) is 30.6 Å². The Hall–Kier alpha value is -1.85. The van der Waals surface area contributed by atoms with Gasteiger partial charge in [-0.15, -0.1) is 0 Å². The number of hydrogen-bond acceptors (Lipinski definition) is 4. The average Bonchev–Trinajstić information content (AvgIpc) is 2.43. The molecule has 0 saturated heterocycles. The smallest absolute Gasteiger partial charge is 0.330 e. The summed E-state index contributed by atoms with van der Waals surface area (Å²) in [6.45, 7) is 1.43. The third-order valence-electron chi connectivity index (χ3n) is 3.03. The maximum absolute atomic E-state index is 11.5. The summed E-state index contributed by atoms with van der Waals surface area (Å²) in [6, 6.07) is -0.395. The van der Waals surface area contributed by atoms with Gasteiger partial charge in [-0.3, -0.25) is 10.1 Å². The number of esters is 1. The predicted molar refractivity (Wildman–Crippen MR) is 73.9 cm³/mol. The zero-order chi connectivity index (χ0) is 14.8. The first-order valence-electron chi connectivity index (χ1n) is 7.05. The Bertz CT molecular complexity index is 373. The molecule has 0 bridgehead atoms. The third kappa shape index (κ3) is 6.92. The van der Waals surface area contributed by atoms with Gasteiger partial charge < -0.3 is 10.1 Å². The zero-order valence-corrected chi connectivity index (χ0v) is 11.8. The molecule has 1 rings (SSSR count). The number of hydrogen-bond donors (Lipinski definition) is 2. The summed E-state index contributed by atoms with van der Waals surface area (Å²) in [5, 5.41) is 4.89. The maximum Gasteiger partial charge on any atom is 0.330 e. The number of ether oxygens (including phenoxy) is 1. The van der Waals surface area contributed by atoms with Gasteiger partial charge in [-0.25, -0.2) is 9.59 Å². The van der Waals surface area contributed by atoms with Crippen molar-refractivity contribution in [1.29, 1.82) is 0 Å². The van der Waals surface area contributed by atoms with Gasteiger partial charge in [-0.2, -0.15) is 0 Å². The summed E-state index contributed by atoms with van der Waals surface area (Å²) in [7, 11) is 0. The molecular weight excluding hydrogens is 260 g/mol. The van der Waals surface area contributed by atoms with Crippen LogP contribution in [0.15, 0.2) is 12.2 Å². The zero-order valence-electron chi connectivity index (χ0n) is 11.8. The number of rotatable bonds is 5. The van der Waals surface area contributed by atoms with Crippen molar-refractivity contribution in [2.45, 2.75) is 51.5 Å². The lowest BCUT2D eigenvalue weighted by Gasteiger charge is -2.22. The van der Waals surface area contributed by atoms with Gasteiger partial charge in [0.1, 0.15) is 0 Å². The first-order chi connectivity index (χ1) is 9.61. The minimum Gasteiger partial charge on any atom is -0.452 e. The summed E-state index contributed by atoms with van der Waals surface area (Å²) >= 11 is 0. The van der Waals surface area contributed by atoms with Gasteiger partial charge in [0.05, 0.1) is 0 Å². The number of carbonyl (C=O) groups excluding carboxylic acids is 3. The molecule has 0 atom stereocenters. The summed E-state index contributed by atoms with van der Waals surface area (Å²) < 4.78 is 4.68. The third-order valence-corrected chi connectivity index (χ3v) is 3.03. The second-order valence-corrected chi connectivity index (χ2v) is 4.77. The van der Waals surface area contributed by atoms with Crippen molar-refractivity contribution >= 4 is 17.9 Å². The quantitative estimate of drug-likeness (QED) is 0.593. The first-order valence-corrected chi connectivity index (χ1v) is 7.05. The number of carbonyl (C=O) groups is 3. The summed E-state index contributed by atoms with van der Waals surface area (Å²) in [6.07, 6.45) is 8.88. The van der Waals surface area contributed by atoms with Crippen molar-refractivity contribution in [3.05, 3.63) is 12.2 Å². The van der Waals surface area contributed by atoms with E-state index in [9.17, 15) is 14.4 Å². The highest BCUT2D eigenvalue weighted by Gasteiger charge is 2.17. The Morgan fingerprint density at radius 1 is 1.20 bits per heavy atom. The number of amides is 3. The highest BCUT2D eigenvalue weighted by Crippen LogP contribution is 2.16. The second kappa shape index (κ2) is 9.12. The van der Waals surface area contributed by atoms with Crippen LogP contribution in [0.5, 0.6) is 0 Å². The molecule has 0 unspecified atom stereocenters. The minimum absolute atomic E-state index is 0.131. The molecule has 0 aromatic heterocycles. The van der Waals surface area contributed by atoms with Crippen molar-refractivity contribution in [1.82, 2.24) is 10.6 Å². The van der Waals surface area contributed by atoms with Gasteiger partial charge in [0.15, 0.2) is 6.61 Å². The topological polar surface area (TPSA) is 84.5 Å². The van der Waals surface area contributed by atoms with Gasteiger partial charge >= 0.3 is 12.0 Å². The molecule has 0 aromatic rings. The standard InChI is InChI=1S/C14H22N2O4/c1-2-3-9-13(18)20-10-12(17)16-14(19)15-11-7-5-4-6-8-11/h3,9,11H,2,4-8,10H2,1H3,(H2,15,16,17,19)/b9-3+. The molecule has 112 valence electrons. The van der Waals surface area contributed by atoms with Gasteiger partial charge in [-0.05, 0) is 19.3 Å². The number of urea groups is 1. The van der Waals surface area contributed by atoms with Crippen LogP contribution in [0.25, 0.3) is 0 Å². The number of allylic oxidation sites excluding steroid dienone is 1. The van der Waals surface area contributed by atoms with Crippen molar-refractivity contribution in [2.75, 3.05) is 6.61 Å². The summed E-state index contributed by atoms with van der Waals surface area (Å²) in [5.74, 6) is -1.22. The van der Waals surface area contributed by atoms with Gasteiger partial charge in [0.25, 0.3) is 5.91 Å². The highest BCUT2D eigenvalue weighted by molar-refractivity contribution is 5.96. The van der Waals surface area contributed by atoms with Crippen LogP contribution in [0.1, 0.15) is 45.4 Å². The van der Waals surface area contributed by atoms with Crippen LogP contribution in [-0.2, 0) is 14.3 Å². The molecule has 2 N–H and O–H groups in total. The Balaban J connectivity index is 2.19. The lowest BCUT2D eigenvalue weighted by molar-refractivity contribution is -0.143. The normalized spacial score (nSPS) is 15.8. The largest absolute Gasteiger partial charge is 0.452 e. The van der Waals surface area contributed by atoms with Gasteiger partial charge in [0.2, 0.25) is 0 Å². The van der Waals surface area contributed by atoms with E-state index in [1.807, 2.05) is 6.92 Å². The van der Waals surface area contributed by atoms with Crippen LogP contribution in [0.2, 0.25) is 0 Å². The van der Waals surface area contributed by atoms with Crippen molar-refractivity contribution in [3.63, 3.8) is 0 Å². The van der Waals surface area contributed by atoms with Gasteiger partial charge in [0, 0.05) is 12.1 Å². The van der Waals surface area contributed by atoms with Crippen molar-refractivity contribution in [3.8, 4) is 0 Å². The van der Waals surface area contributed by atoms with Gasteiger partial charge in [-0.1, -0.05) is 32.3 Å². The van der Waals surface area contributed by atoms with E-state index in [1.165, 1.54) is 12.5 Å². The van der Waals surface area contributed by atoms with Crippen LogP contribution >= 0.6 is 0 Å². The van der Waals surface area contributed by atoms with E-state index >= 15 is 0 Å². The number of imide groups is 1. The Morgan fingerprint density at radius 2 is 1.90 bits per heavy atom. The van der Waals surface area contributed by atoms with Crippen LogP contribution in [0.3, 0.4) is 0 Å². The van der Waals surface area contributed by atoms with E-state index < -0.39 is 24.5 Å². The maximum atomic E-state index is 11.5. The monoisotopic (exact) mass is 282 g/mol. The molecule has 0 aliphatic heterocycles.